The van der Waals surface area contributed by atoms with E-state index >= 15 is 0 Å². The van der Waals surface area contributed by atoms with E-state index in [2.05, 4.69) is 31.2 Å². The molecule has 0 aliphatic carbocycles. The zero-order valence-electron chi connectivity index (χ0n) is 10.6. The minimum atomic E-state index is 0.0294. The van der Waals surface area contributed by atoms with E-state index in [0.29, 0.717) is 6.42 Å². The van der Waals surface area contributed by atoms with E-state index in [-0.39, 0.29) is 5.91 Å². The molecule has 0 radical (unpaired) electrons. The Morgan fingerprint density at radius 3 is 2.56 bits per heavy atom. The van der Waals surface area contributed by atoms with Gasteiger partial charge >= 0.3 is 0 Å². The van der Waals surface area contributed by atoms with Crippen LogP contribution in [0, 0.1) is 0 Å². The summed E-state index contributed by atoms with van der Waals surface area (Å²) in [5, 5.41) is 1.27. The number of hydrogen-bond acceptors (Lipinski definition) is 2. The summed E-state index contributed by atoms with van der Waals surface area (Å²) in [4.78, 5) is 16.1. The van der Waals surface area contributed by atoms with Crippen molar-refractivity contribution in [3.8, 4) is 0 Å². The molecule has 0 saturated heterocycles. The smallest absolute Gasteiger partial charge is 0.245 e. The van der Waals surface area contributed by atoms with Gasteiger partial charge in [-0.15, -0.1) is 0 Å². The van der Waals surface area contributed by atoms with Crippen molar-refractivity contribution in [2.75, 3.05) is 14.2 Å². The molecular weight excluding hydrogens is 202 g/mol. The molecule has 0 aliphatic rings. The third kappa shape index (κ3) is 8.24. The van der Waals surface area contributed by atoms with Gasteiger partial charge in [-0.2, -0.15) is 0 Å². The molecule has 0 heterocycles. The maximum atomic E-state index is 11.3. The molecule has 3 heteroatoms. The number of amides is 1. The second-order valence-corrected chi connectivity index (χ2v) is 3.55. The average Bonchev–Trinajstić information content (AvgIpc) is 2.31. The third-order valence-electron chi connectivity index (χ3n) is 2.23. The first-order chi connectivity index (χ1) is 7.72. The van der Waals surface area contributed by atoms with E-state index in [1.54, 1.807) is 7.05 Å². The van der Waals surface area contributed by atoms with Gasteiger partial charge in [0, 0.05) is 13.5 Å². The predicted molar refractivity (Wildman–Crippen MR) is 66.8 cm³/mol. The largest absolute Gasteiger partial charge is 0.275 e. The van der Waals surface area contributed by atoms with Gasteiger partial charge in [-0.25, -0.2) is 5.06 Å². The average molecular weight is 225 g/mol. The fourth-order valence-electron chi connectivity index (χ4n) is 1.19. The lowest BCUT2D eigenvalue weighted by atomic mass is 10.2. The van der Waals surface area contributed by atoms with Crippen LogP contribution in [0.1, 0.15) is 39.0 Å². The molecule has 0 saturated carbocycles. The van der Waals surface area contributed by atoms with Crippen LogP contribution in [0.2, 0.25) is 0 Å². The molecule has 0 fully saturated rings. The Hall–Kier alpha value is -1.09. The second kappa shape index (κ2) is 10.4. The van der Waals surface area contributed by atoms with Crippen molar-refractivity contribution in [3.05, 3.63) is 24.3 Å². The van der Waals surface area contributed by atoms with Gasteiger partial charge in [0.05, 0.1) is 7.11 Å². The van der Waals surface area contributed by atoms with Crippen molar-refractivity contribution in [2.45, 2.75) is 39.0 Å². The molecular formula is C13H23NO2. The molecule has 16 heavy (non-hydrogen) atoms. The van der Waals surface area contributed by atoms with Crippen LogP contribution in [0.25, 0.3) is 0 Å². The maximum absolute atomic E-state index is 11.3. The van der Waals surface area contributed by atoms with E-state index in [4.69, 9.17) is 4.84 Å². The summed E-state index contributed by atoms with van der Waals surface area (Å²) in [7, 11) is 3.13. The van der Waals surface area contributed by atoms with Gasteiger partial charge in [-0.05, 0) is 25.7 Å². The fraction of sp³-hybridized carbons (Fsp3) is 0.615. The summed E-state index contributed by atoms with van der Waals surface area (Å²) < 4.78 is 0. The molecule has 0 atom stereocenters. The molecule has 0 bridgehead atoms. The highest BCUT2D eigenvalue weighted by molar-refractivity contribution is 5.74. The molecule has 0 N–H and O–H groups in total. The minimum Gasteiger partial charge on any atom is -0.275 e. The molecule has 3 nitrogen and oxygen atoms in total. The Kier molecular flexibility index (Phi) is 9.72. The first-order valence-electron chi connectivity index (χ1n) is 5.83. The van der Waals surface area contributed by atoms with Gasteiger partial charge in [0.25, 0.3) is 0 Å². The quantitative estimate of drug-likeness (QED) is 0.361. The Balaban J connectivity index is 3.45. The van der Waals surface area contributed by atoms with Gasteiger partial charge in [0.1, 0.15) is 0 Å². The number of hydrogen-bond donors (Lipinski definition) is 0. The van der Waals surface area contributed by atoms with Crippen molar-refractivity contribution in [2.24, 2.45) is 0 Å². The summed E-state index contributed by atoms with van der Waals surface area (Å²) >= 11 is 0. The standard InChI is InChI=1S/C13H23NO2/c1-4-5-6-7-8-9-10-11-12-13(15)14(2)16-3/h5-6,8-9H,4,7,10-12H2,1-3H3/b6-5-,9-8-. The number of unbranched alkanes of at least 4 members (excludes halogenated alkanes) is 1. The van der Waals surface area contributed by atoms with E-state index in [1.165, 1.54) is 12.2 Å². The van der Waals surface area contributed by atoms with Crippen LogP contribution < -0.4 is 0 Å². The lowest BCUT2D eigenvalue weighted by Gasteiger charge is -2.12. The molecule has 1 amide bonds. The van der Waals surface area contributed by atoms with Crippen LogP contribution >= 0.6 is 0 Å². The Labute approximate surface area is 98.7 Å². The summed E-state index contributed by atoms with van der Waals surface area (Å²) in [5.74, 6) is 0.0294. The number of hydroxylamine groups is 2. The first kappa shape index (κ1) is 14.9. The normalized spacial score (nSPS) is 11.4. The lowest BCUT2D eigenvalue weighted by Crippen LogP contribution is -2.24. The zero-order valence-corrected chi connectivity index (χ0v) is 10.6. The van der Waals surface area contributed by atoms with Gasteiger partial charge in [0.2, 0.25) is 5.91 Å². The van der Waals surface area contributed by atoms with Crippen molar-refractivity contribution in [3.63, 3.8) is 0 Å². The second-order valence-electron chi connectivity index (χ2n) is 3.55. The van der Waals surface area contributed by atoms with E-state index < -0.39 is 0 Å². The third-order valence-corrected chi connectivity index (χ3v) is 2.23. The van der Waals surface area contributed by atoms with Crippen LogP contribution in [0.15, 0.2) is 24.3 Å². The van der Waals surface area contributed by atoms with Gasteiger partial charge in [-0.3, -0.25) is 9.63 Å². The van der Waals surface area contributed by atoms with Gasteiger partial charge < -0.3 is 0 Å². The topological polar surface area (TPSA) is 29.5 Å². The Morgan fingerprint density at radius 2 is 1.94 bits per heavy atom. The molecule has 0 aliphatic heterocycles. The van der Waals surface area contributed by atoms with Crippen LogP contribution in [-0.4, -0.2) is 25.1 Å². The predicted octanol–water partition coefficient (Wildman–Crippen LogP) is 3.09. The summed E-state index contributed by atoms with van der Waals surface area (Å²) in [5.41, 5.74) is 0. The van der Waals surface area contributed by atoms with Crippen molar-refractivity contribution in [1.82, 2.24) is 5.06 Å². The first-order valence-corrected chi connectivity index (χ1v) is 5.83. The summed E-state index contributed by atoms with van der Waals surface area (Å²) in [6, 6.07) is 0. The molecule has 0 aromatic carbocycles. The van der Waals surface area contributed by atoms with Crippen molar-refractivity contribution < 1.29 is 9.63 Å². The number of allylic oxidation sites excluding steroid dienone is 4. The van der Waals surface area contributed by atoms with Crippen LogP contribution in [0.5, 0.6) is 0 Å². The summed E-state index contributed by atoms with van der Waals surface area (Å²) in [6.45, 7) is 2.12. The minimum absolute atomic E-state index is 0.0294. The molecule has 0 aromatic heterocycles. The van der Waals surface area contributed by atoms with Gasteiger partial charge in [-0.1, -0.05) is 31.2 Å². The SMILES string of the molecule is CC/C=C\C/C=C\CCCC(=O)N(C)OC. The zero-order chi connectivity index (χ0) is 12.2. The van der Waals surface area contributed by atoms with E-state index in [0.717, 1.165) is 25.7 Å². The van der Waals surface area contributed by atoms with E-state index in [1.807, 2.05) is 0 Å². The summed E-state index contributed by atoms with van der Waals surface area (Å²) in [6.07, 6.45) is 13.0. The molecule has 0 unspecified atom stereocenters. The Morgan fingerprint density at radius 1 is 1.25 bits per heavy atom. The molecule has 0 aromatic rings. The fourth-order valence-corrected chi connectivity index (χ4v) is 1.19. The highest BCUT2D eigenvalue weighted by Crippen LogP contribution is 2.01. The molecule has 92 valence electrons. The van der Waals surface area contributed by atoms with Crippen LogP contribution in [0.4, 0.5) is 0 Å². The molecule has 0 rings (SSSR count). The van der Waals surface area contributed by atoms with Crippen molar-refractivity contribution >= 4 is 5.91 Å². The van der Waals surface area contributed by atoms with Crippen LogP contribution in [0.3, 0.4) is 0 Å². The molecule has 0 spiro atoms. The van der Waals surface area contributed by atoms with Crippen molar-refractivity contribution in [1.29, 1.82) is 0 Å². The lowest BCUT2D eigenvalue weighted by molar-refractivity contribution is -0.168. The van der Waals surface area contributed by atoms with Crippen LogP contribution in [-0.2, 0) is 9.63 Å². The van der Waals surface area contributed by atoms with Gasteiger partial charge in [0.15, 0.2) is 0 Å². The Bertz CT molecular complexity index is 234. The number of carbonyl (C=O) groups excluding carboxylic acids is 1. The maximum Gasteiger partial charge on any atom is 0.245 e. The highest BCUT2D eigenvalue weighted by Gasteiger charge is 2.05. The number of nitrogens with zero attached hydrogens (tertiary/aromatic N) is 1. The number of rotatable bonds is 8. The van der Waals surface area contributed by atoms with E-state index in [9.17, 15) is 4.79 Å². The monoisotopic (exact) mass is 225 g/mol. The highest BCUT2D eigenvalue weighted by atomic mass is 16.7. The number of carbonyl (C=O) groups is 1.